The molecule has 7 heteroatoms. The maximum atomic E-state index is 14.5. The van der Waals surface area contributed by atoms with Gasteiger partial charge in [0, 0.05) is 45.3 Å². The fraction of sp³-hybridized carbons (Fsp3) is 0.395. The van der Waals surface area contributed by atoms with Crippen molar-refractivity contribution in [2.75, 3.05) is 20.6 Å². The van der Waals surface area contributed by atoms with Gasteiger partial charge in [-0.15, -0.1) is 0 Å². The van der Waals surface area contributed by atoms with Gasteiger partial charge in [0.1, 0.15) is 11.6 Å². The van der Waals surface area contributed by atoms with Crippen molar-refractivity contribution in [3.05, 3.63) is 101 Å². The number of rotatable bonds is 10. The zero-order chi connectivity index (χ0) is 31.6. The van der Waals surface area contributed by atoms with Crippen LogP contribution in [0.2, 0.25) is 0 Å². The number of nitrogens with zero attached hydrogens (tertiary/aromatic N) is 1. The minimum absolute atomic E-state index is 0.139. The van der Waals surface area contributed by atoms with Crippen molar-refractivity contribution in [2.45, 2.75) is 76.2 Å². The Bertz CT molecular complexity index is 1780. The summed E-state index contributed by atoms with van der Waals surface area (Å²) in [6.07, 6.45) is 7.76. The number of aromatic amines is 2. The van der Waals surface area contributed by atoms with Crippen LogP contribution in [-0.2, 0) is 11.8 Å². The molecule has 6 rings (SSSR count). The minimum atomic E-state index is -0.463. The quantitative estimate of drug-likeness (QED) is 0.148. The van der Waals surface area contributed by atoms with Crippen LogP contribution in [0, 0.1) is 12.7 Å². The van der Waals surface area contributed by atoms with Gasteiger partial charge in [-0.2, -0.15) is 0 Å². The summed E-state index contributed by atoms with van der Waals surface area (Å²) in [6.45, 7) is 4.83. The number of ether oxygens (including phenoxy) is 1. The molecule has 0 unspecified atom stereocenters. The van der Waals surface area contributed by atoms with Crippen LogP contribution in [0.4, 0.5) is 9.18 Å². The van der Waals surface area contributed by atoms with Crippen LogP contribution in [0.5, 0.6) is 5.75 Å². The monoisotopic (exact) mass is 608 g/mol. The molecule has 5 aromatic rings. The predicted octanol–water partition coefficient (Wildman–Crippen LogP) is 8.78. The van der Waals surface area contributed by atoms with Crippen LogP contribution in [0.25, 0.3) is 21.8 Å². The molecular weight excluding hydrogens is 563 g/mol. The van der Waals surface area contributed by atoms with E-state index >= 15 is 0 Å². The molecule has 0 aliphatic heterocycles. The van der Waals surface area contributed by atoms with Crippen LogP contribution in [0.15, 0.2) is 72.8 Å². The first-order chi connectivity index (χ1) is 21.8. The molecule has 0 atom stereocenters. The molecule has 0 spiro atoms. The molecule has 0 bridgehead atoms. The molecule has 1 aliphatic carbocycles. The molecule has 1 amide bonds. The maximum absolute atomic E-state index is 14.5. The highest BCUT2D eigenvalue weighted by molar-refractivity contribution is 5.88. The number of para-hydroxylation sites is 2. The highest BCUT2D eigenvalue weighted by Gasteiger charge is 2.48. The first-order valence-electron chi connectivity index (χ1n) is 16.3. The third-order valence-electron chi connectivity index (χ3n) is 10.4. The molecule has 2 heterocycles. The fourth-order valence-electron chi connectivity index (χ4n) is 7.76. The number of hydrogen-bond acceptors (Lipinski definition) is 3. The van der Waals surface area contributed by atoms with E-state index in [2.05, 4.69) is 72.4 Å². The van der Waals surface area contributed by atoms with Gasteiger partial charge < -0.3 is 24.9 Å². The van der Waals surface area contributed by atoms with Gasteiger partial charge in [0.15, 0.2) is 0 Å². The lowest BCUT2D eigenvalue weighted by Crippen LogP contribution is -2.51. The van der Waals surface area contributed by atoms with Crippen molar-refractivity contribution < 1.29 is 13.9 Å². The lowest BCUT2D eigenvalue weighted by molar-refractivity contribution is 0.0643. The second kappa shape index (κ2) is 12.7. The van der Waals surface area contributed by atoms with E-state index in [0.717, 1.165) is 53.4 Å². The molecule has 3 N–H and O–H groups in total. The van der Waals surface area contributed by atoms with E-state index < -0.39 is 6.09 Å². The number of amides is 1. The Morgan fingerprint density at radius 2 is 1.60 bits per heavy atom. The van der Waals surface area contributed by atoms with Gasteiger partial charge in [-0.3, -0.25) is 0 Å². The van der Waals surface area contributed by atoms with Crippen LogP contribution >= 0.6 is 0 Å². The van der Waals surface area contributed by atoms with E-state index in [1.807, 2.05) is 24.3 Å². The van der Waals surface area contributed by atoms with Crippen molar-refractivity contribution in [3.8, 4) is 5.75 Å². The number of carbonyl (C=O) groups is 1. The Morgan fingerprint density at radius 3 is 2.33 bits per heavy atom. The van der Waals surface area contributed by atoms with Crippen molar-refractivity contribution in [2.24, 2.45) is 0 Å². The summed E-state index contributed by atoms with van der Waals surface area (Å²) in [5, 5.41) is 5.08. The van der Waals surface area contributed by atoms with Gasteiger partial charge in [-0.05, 0) is 107 Å². The molecule has 3 aromatic carbocycles. The summed E-state index contributed by atoms with van der Waals surface area (Å²) < 4.78 is 20.0. The van der Waals surface area contributed by atoms with E-state index in [9.17, 15) is 9.18 Å². The lowest BCUT2D eigenvalue weighted by atomic mass is 9.61. The zero-order valence-corrected chi connectivity index (χ0v) is 26.9. The van der Waals surface area contributed by atoms with Crippen LogP contribution in [-0.4, -0.2) is 47.1 Å². The van der Waals surface area contributed by atoms with E-state index in [4.69, 9.17) is 4.74 Å². The molecule has 45 heavy (non-hydrogen) atoms. The molecule has 236 valence electrons. The van der Waals surface area contributed by atoms with Crippen LogP contribution < -0.4 is 10.1 Å². The number of hydrogen-bond donors (Lipinski definition) is 3. The Labute approximate surface area is 265 Å². The summed E-state index contributed by atoms with van der Waals surface area (Å²) in [7, 11) is 4.46. The first-order valence-corrected chi connectivity index (χ1v) is 16.3. The second-order valence-corrected chi connectivity index (χ2v) is 13.0. The van der Waals surface area contributed by atoms with Gasteiger partial charge in [-0.25, -0.2) is 9.18 Å². The molecule has 1 aliphatic rings. The third-order valence-corrected chi connectivity index (χ3v) is 10.4. The summed E-state index contributed by atoms with van der Waals surface area (Å²) in [5.74, 6) is 0.293. The second-order valence-electron chi connectivity index (χ2n) is 13.0. The lowest BCUT2D eigenvalue weighted by Gasteiger charge is -2.50. The van der Waals surface area contributed by atoms with Gasteiger partial charge in [0.05, 0.1) is 5.41 Å². The fourth-order valence-corrected chi connectivity index (χ4v) is 7.76. The van der Waals surface area contributed by atoms with E-state index in [-0.39, 0.29) is 16.8 Å². The highest BCUT2D eigenvalue weighted by atomic mass is 19.1. The predicted molar refractivity (Wildman–Crippen MR) is 181 cm³/mol. The topological polar surface area (TPSA) is 73.2 Å². The number of fused-ring (bicyclic) bond motifs is 2. The normalized spacial score (nSPS) is 20.2. The van der Waals surface area contributed by atoms with Crippen LogP contribution in [0.3, 0.4) is 0 Å². The van der Waals surface area contributed by atoms with Gasteiger partial charge in [0.2, 0.25) is 0 Å². The van der Waals surface area contributed by atoms with Crippen molar-refractivity contribution in [3.63, 3.8) is 0 Å². The summed E-state index contributed by atoms with van der Waals surface area (Å²) in [4.78, 5) is 22.8. The number of carbonyl (C=O) groups excluding carboxylic acids is 1. The van der Waals surface area contributed by atoms with Crippen molar-refractivity contribution in [1.82, 2.24) is 20.2 Å². The number of H-pyrrole nitrogens is 2. The van der Waals surface area contributed by atoms with Crippen molar-refractivity contribution >= 4 is 27.9 Å². The highest BCUT2D eigenvalue weighted by Crippen LogP contribution is 2.53. The Morgan fingerprint density at radius 1 is 0.911 bits per heavy atom. The average molecular weight is 609 g/mol. The van der Waals surface area contributed by atoms with Gasteiger partial charge >= 0.3 is 6.09 Å². The number of benzene rings is 3. The van der Waals surface area contributed by atoms with Crippen LogP contribution in [0.1, 0.15) is 74.4 Å². The summed E-state index contributed by atoms with van der Waals surface area (Å²) >= 11 is 0. The Balaban J connectivity index is 1.41. The number of nitrogens with one attached hydrogen (secondary N) is 3. The average Bonchev–Trinajstić information content (AvgIpc) is 3.58. The zero-order valence-electron chi connectivity index (χ0n) is 26.9. The molecule has 1 saturated carbocycles. The minimum Gasteiger partial charge on any atom is -0.410 e. The van der Waals surface area contributed by atoms with E-state index in [1.54, 1.807) is 18.2 Å². The van der Waals surface area contributed by atoms with Gasteiger partial charge in [0.25, 0.3) is 0 Å². The molecule has 6 nitrogen and oxygen atoms in total. The maximum Gasteiger partial charge on any atom is 0.412 e. The Hall–Kier alpha value is -4.10. The van der Waals surface area contributed by atoms with E-state index in [1.165, 1.54) is 42.0 Å². The largest absolute Gasteiger partial charge is 0.412 e. The number of aromatic nitrogens is 2. The summed E-state index contributed by atoms with van der Waals surface area (Å²) in [6, 6.07) is 22.6. The number of unbranched alkanes of at least 4 members (excludes halogenated alkanes) is 1. The SMILES string of the molecule is CCCCC1(N(C)C)CCC(c2[nH]c3ccc(F)cc3c2C)(c2[nH]c3ccccc3c2CCNC(=O)Oc2ccccc2)CC1. The number of aryl methyl sites for hydroxylation is 1. The van der Waals surface area contributed by atoms with E-state index in [0.29, 0.717) is 18.7 Å². The molecule has 2 aromatic heterocycles. The number of halogens is 1. The molecular formula is C38H45FN4O2. The third kappa shape index (κ3) is 5.86. The first kappa shape index (κ1) is 30.9. The summed E-state index contributed by atoms with van der Waals surface area (Å²) in [5.41, 5.74) is 6.52. The molecule has 1 fully saturated rings. The Kier molecular flexibility index (Phi) is 8.74. The van der Waals surface area contributed by atoms with Crippen molar-refractivity contribution in [1.29, 1.82) is 0 Å². The standard InChI is InChI=1S/C38H45FN4O2/c1-5-6-19-37(43(3)4)20-22-38(23-21-37,34-26(2)31-25-27(39)16-17-33(31)41-34)35-30(29-14-10-11-15-32(29)42-35)18-24-40-36(44)45-28-12-8-7-9-13-28/h7-17,25,41-42H,5-6,18-24H2,1-4H3,(H,40,44). The molecule has 0 saturated heterocycles. The molecule has 0 radical (unpaired) electrons. The smallest absolute Gasteiger partial charge is 0.410 e. The van der Waals surface area contributed by atoms with Gasteiger partial charge in [-0.1, -0.05) is 56.2 Å².